The van der Waals surface area contributed by atoms with Crippen LogP contribution in [0.5, 0.6) is 5.75 Å². The first-order valence-corrected chi connectivity index (χ1v) is 7.36. The fraction of sp³-hybridized carbons (Fsp3) is 0.412. The van der Waals surface area contributed by atoms with Gasteiger partial charge in [-0.1, -0.05) is 26.0 Å². The molecule has 0 bridgehead atoms. The second-order valence-electron chi connectivity index (χ2n) is 5.27. The molecule has 4 heteroatoms. The molecule has 0 aliphatic rings. The Morgan fingerprint density at radius 1 is 1.24 bits per heavy atom. The van der Waals surface area contributed by atoms with Crippen LogP contribution in [0, 0.1) is 6.92 Å². The van der Waals surface area contributed by atoms with Crippen LogP contribution in [-0.4, -0.2) is 23.6 Å². The zero-order chi connectivity index (χ0) is 15.4. The molecule has 0 fully saturated rings. The number of benzene rings is 1. The summed E-state index contributed by atoms with van der Waals surface area (Å²) in [5, 5.41) is 3.16. The summed E-state index contributed by atoms with van der Waals surface area (Å²) in [5.41, 5.74) is 3.06. The largest absolute Gasteiger partial charge is 0.494 e. The molecular weight excluding hydrogens is 262 g/mol. The monoisotopic (exact) mass is 285 g/mol. The van der Waals surface area contributed by atoms with Crippen LogP contribution in [-0.2, 0) is 0 Å². The predicted octanol–water partition coefficient (Wildman–Crippen LogP) is 4.02. The highest BCUT2D eigenvalue weighted by Gasteiger charge is 2.14. The van der Waals surface area contributed by atoms with Crippen molar-refractivity contribution in [2.45, 2.75) is 33.6 Å². The zero-order valence-electron chi connectivity index (χ0n) is 13.4. The van der Waals surface area contributed by atoms with Crippen molar-refractivity contribution in [1.29, 1.82) is 0 Å². The highest BCUT2D eigenvalue weighted by molar-refractivity contribution is 5.69. The lowest BCUT2D eigenvalue weighted by atomic mass is 10.1. The van der Waals surface area contributed by atoms with Crippen molar-refractivity contribution in [1.82, 2.24) is 9.97 Å². The van der Waals surface area contributed by atoms with Crippen molar-refractivity contribution in [3.63, 3.8) is 0 Å². The van der Waals surface area contributed by atoms with Gasteiger partial charge in [0, 0.05) is 24.1 Å². The Bertz CT molecular complexity index is 623. The number of hydrogen-bond donors (Lipinski definition) is 1. The van der Waals surface area contributed by atoms with Crippen LogP contribution in [0.4, 0.5) is 5.82 Å². The van der Waals surface area contributed by atoms with Gasteiger partial charge in [-0.25, -0.2) is 9.97 Å². The molecule has 2 rings (SSSR count). The molecule has 0 saturated heterocycles. The van der Waals surface area contributed by atoms with Gasteiger partial charge in [-0.2, -0.15) is 0 Å². The molecule has 1 aromatic carbocycles. The van der Waals surface area contributed by atoms with E-state index in [-0.39, 0.29) is 5.92 Å². The lowest BCUT2D eigenvalue weighted by Crippen LogP contribution is -2.06. The van der Waals surface area contributed by atoms with E-state index in [1.165, 1.54) is 0 Å². The van der Waals surface area contributed by atoms with E-state index in [1.807, 2.05) is 39.1 Å². The van der Waals surface area contributed by atoms with Crippen molar-refractivity contribution in [2.24, 2.45) is 0 Å². The minimum atomic E-state index is 0.284. The number of ether oxygens (including phenoxy) is 1. The molecule has 4 nitrogen and oxygen atoms in total. The third-order valence-corrected chi connectivity index (χ3v) is 3.33. The Kier molecular flexibility index (Phi) is 4.78. The Morgan fingerprint density at radius 3 is 2.62 bits per heavy atom. The fourth-order valence-electron chi connectivity index (χ4n) is 2.22. The predicted molar refractivity (Wildman–Crippen MR) is 87.0 cm³/mol. The van der Waals surface area contributed by atoms with E-state index in [0.717, 1.165) is 34.2 Å². The van der Waals surface area contributed by atoms with Crippen LogP contribution in [0.25, 0.3) is 11.3 Å². The highest BCUT2D eigenvalue weighted by Crippen LogP contribution is 2.29. The van der Waals surface area contributed by atoms with E-state index in [0.29, 0.717) is 6.61 Å². The number of rotatable bonds is 5. The van der Waals surface area contributed by atoms with Gasteiger partial charge in [0.2, 0.25) is 0 Å². The average Bonchev–Trinajstić information content (AvgIpc) is 2.48. The Morgan fingerprint density at radius 2 is 2.00 bits per heavy atom. The van der Waals surface area contributed by atoms with Gasteiger partial charge in [-0.15, -0.1) is 0 Å². The summed E-state index contributed by atoms with van der Waals surface area (Å²) in [4.78, 5) is 9.33. The van der Waals surface area contributed by atoms with Crippen LogP contribution in [0.1, 0.15) is 38.1 Å². The van der Waals surface area contributed by atoms with Crippen molar-refractivity contribution in [3.05, 3.63) is 35.7 Å². The van der Waals surface area contributed by atoms with E-state index in [9.17, 15) is 0 Å². The molecule has 0 amide bonds. The summed E-state index contributed by atoms with van der Waals surface area (Å²) >= 11 is 0. The molecule has 1 N–H and O–H groups in total. The number of nitrogens with zero attached hydrogens (tertiary/aromatic N) is 2. The van der Waals surface area contributed by atoms with E-state index < -0.39 is 0 Å². The van der Waals surface area contributed by atoms with Gasteiger partial charge in [-0.3, -0.25) is 0 Å². The molecule has 0 saturated carbocycles. The minimum absolute atomic E-state index is 0.284. The lowest BCUT2D eigenvalue weighted by molar-refractivity contribution is 0.340. The molecule has 0 radical (unpaired) electrons. The first-order chi connectivity index (χ1) is 10.1. The molecule has 112 valence electrons. The number of aromatic nitrogens is 2. The molecule has 0 unspecified atom stereocenters. The van der Waals surface area contributed by atoms with Gasteiger partial charge in [0.1, 0.15) is 17.4 Å². The maximum Gasteiger partial charge on any atom is 0.133 e. The van der Waals surface area contributed by atoms with Crippen LogP contribution >= 0.6 is 0 Å². The quantitative estimate of drug-likeness (QED) is 0.901. The van der Waals surface area contributed by atoms with Gasteiger partial charge in [0.15, 0.2) is 0 Å². The number of hydrogen-bond acceptors (Lipinski definition) is 4. The van der Waals surface area contributed by atoms with Gasteiger partial charge >= 0.3 is 0 Å². The van der Waals surface area contributed by atoms with Crippen molar-refractivity contribution >= 4 is 5.82 Å². The van der Waals surface area contributed by atoms with E-state index in [1.54, 1.807) is 0 Å². The standard InChI is InChI=1S/C17H23N3O/c1-6-21-14-9-7-8-13(10-14)15-12(4)17(18-5)20-16(19-15)11(2)3/h7-11H,6H2,1-5H3,(H,18,19,20). The summed E-state index contributed by atoms with van der Waals surface area (Å²) in [5.74, 6) is 2.88. The van der Waals surface area contributed by atoms with Gasteiger partial charge < -0.3 is 10.1 Å². The average molecular weight is 285 g/mol. The van der Waals surface area contributed by atoms with Crippen LogP contribution in [0.15, 0.2) is 24.3 Å². The summed E-state index contributed by atoms with van der Waals surface area (Å²) in [7, 11) is 1.89. The second kappa shape index (κ2) is 6.57. The van der Waals surface area contributed by atoms with E-state index in [4.69, 9.17) is 9.72 Å². The second-order valence-corrected chi connectivity index (χ2v) is 5.27. The first-order valence-electron chi connectivity index (χ1n) is 7.36. The lowest BCUT2D eigenvalue weighted by Gasteiger charge is -2.14. The summed E-state index contributed by atoms with van der Waals surface area (Å²) in [6, 6.07) is 8.05. The number of nitrogens with one attached hydrogen (secondary N) is 1. The maximum atomic E-state index is 5.58. The van der Waals surface area contributed by atoms with Gasteiger partial charge in [0.05, 0.1) is 12.3 Å². The van der Waals surface area contributed by atoms with E-state index in [2.05, 4.69) is 30.2 Å². The topological polar surface area (TPSA) is 47.0 Å². The SMILES string of the molecule is CCOc1cccc(-c2nc(C(C)C)nc(NC)c2C)c1. The Labute approximate surface area is 126 Å². The third-order valence-electron chi connectivity index (χ3n) is 3.33. The van der Waals surface area contributed by atoms with E-state index >= 15 is 0 Å². The normalized spacial score (nSPS) is 10.8. The summed E-state index contributed by atoms with van der Waals surface area (Å²) in [6.07, 6.45) is 0. The van der Waals surface area contributed by atoms with Gasteiger partial charge in [0.25, 0.3) is 0 Å². The minimum Gasteiger partial charge on any atom is -0.494 e. The number of anilines is 1. The highest BCUT2D eigenvalue weighted by atomic mass is 16.5. The third kappa shape index (κ3) is 3.32. The first kappa shape index (κ1) is 15.3. The Hall–Kier alpha value is -2.10. The molecule has 0 spiro atoms. The van der Waals surface area contributed by atoms with Crippen molar-refractivity contribution in [2.75, 3.05) is 19.0 Å². The molecule has 2 aromatic rings. The van der Waals surface area contributed by atoms with Crippen LogP contribution in [0.2, 0.25) is 0 Å². The van der Waals surface area contributed by atoms with Gasteiger partial charge in [-0.05, 0) is 26.0 Å². The molecule has 0 aliphatic carbocycles. The molecule has 1 heterocycles. The molecule has 21 heavy (non-hydrogen) atoms. The zero-order valence-corrected chi connectivity index (χ0v) is 13.4. The molecular formula is C17H23N3O. The molecule has 0 atom stereocenters. The Balaban J connectivity index is 2.56. The summed E-state index contributed by atoms with van der Waals surface area (Å²) < 4.78 is 5.58. The van der Waals surface area contributed by atoms with Crippen LogP contribution < -0.4 is 10.1 Å². The smallest absolute Gasteiger partial charge is 0.133 e. The maximum absolute atomic E-state index is 5.58. The van der Waals surface area contributed by atoms with Crippen molar-refractivity contribution < 1.29 is 4.74 Å². The summed E-state index contributed by atoms with van der Waals surface area (Å²) in [6.45, 7) is 8.89. The fourth-order valence-corrected chi connectivity index (χ4v) is 2.22. The molecule has 0 aliphatic heterocycles. The van der Waals surface area contributed by atoms with Crippen molar-refractivity contribution in [3.8, 4) is 17.0 Å². The molecule has 1 aromatic heterocycles. The van der Waals surface area contributed by atoms with Crippen LogP contribution in [0.3, 0.4) is 0 Å².